The molecule has 10 heteroatoms. The molecular weight excluding hydrogens is 350 g/mol. The number of hydrogen-bond donors (Lipinski definition) is 1. The lowest BCUT2D eigenvalue weighted by Crippen LogP contribution is -2.45. The summed E-state index contributed by atoms with van der Waals surface area (Å²) in [5, 5.41) is 2.09. The van der Waals surface area contributed by atoms with Crippen molar-refractivity contribution in [1.82, 2.24) is 10.2 Å². The van der Waals surface area contributed by atoms with Crippen LogP contribution in [0.5, 0.6) is 5.75 Å². The topological polar surface area (TPSA) is 107 Å². The number of amides is 4. The Morgan fingerprint density at radius 3 is 2.24 bits per heavy atom. The third-order valence-electron chi connectivity index (χ3n) is 2.91. The first-order valence-electron chi connectivity index (χ1n) is 6.95. The van der Waals surface area contributed by atoms with Gasteiger partial charge in [-0.2, -0.15) is 4.99 Å². The van der Waals surface area contributed by atoms with Crippen molar-refractivity contribution in [2.45, 2.75) is 6.54 Å². The van der Waals surface area contributed by atoms with Crippen molar-refractivity contribution in [2.75, 3.05) is 27.6 Å². The predicted octanol–water partition coefficient (Wildman–Crippen LogP) is 2.46. The van der Waals surface area contributed by atoms with Crippen LogP contribution in [0.4, 0.5) is 14.4 Å². The molecule has 25 heavy (non-hydrogen) atoms. The quantitative estimate of drug-likeness (QED) is 0.644. The standard InChI is InChI=1S/C15H19N3O6S/c1-22-11-7-5-10(6-8-11)9-18(12(19)16-14(20)23-2)13(25-4)17-15(21)24-3/h5-8H,9H2,1-4H3,(H,16,19,20). The molecule has 0 aromatic heterocycles. The fourth-order valence-electron chi connectivity index (χ4n) is 1.69. The van der Waals surface area contributed by atoms with Crippen LogP contribution in [-0.2, 0) is 16.0 Å². The zero-order valence-corrected chi connectivity index (χ0v) is 15.1. The SMILES string of the molecule is COC(=O)N=C(SC)N(Cc1ccc(OC)cc1)C(=O)NC(=O)OC. The molecule has 9 nitrogen and oxygen atoms in total. The normalized spacial score (nSPS) is 10.6. The molecule has 0 fully saturated rings. The van der Waals surface area contributed by atoms with E-state index in [2.05, 4.69) is 14.5 Å². The zero-order chi connectivity index (χ0) is 18.8. The highest BCUT2D eigenvalue weighted by atomic mass is 32.2. The van der Waals surface area contributed by atoms with Crippen LogP contribution in [0.3, 0.4) is 0 Å². The minimum Gasteiger partial charge on any atom is -0.497 e. The van der Waals surface area contributed by atoms with Gasteiger partial charge < -0.3 is 14.2 Å². The van der Waals surface area contributed by atoms with E-state index >= 15 is 0 Å². The summed E-state index contributed by atoms with van der Waals surface area (Å²) in [6.07, 6.45) is -0.160. The minimum absolute atomic E-state index is 0.0590. The fraction of sp³-hybridized carbons (Fsp3) is 0.333. The highest BCUT2D eigenvalue weighted by molar-refractivity contribution is 8.13. The molecule has 1 N–H and O–H groups in total. The van der Waals surface area contributed by atoms with Crippen molar-refractivity contribution in [1.29, 1.82) is 0 Å². The van der Waals surface area contributed by atoms with Crippen LogP contribution in [0.15, 0.2) is 29.3 Å². The van der Waals surface area contributed by atoms with Gasteiger partial charge in [-0.15, -0.1) is 0 Å². The number of thioether (sulfide) groups is 1. The fourth-order valence-corrected chi connectivity index (χ4v) is 2.22. The summed E-state index contributed by atoms with van der Waals surface area (Å²) in [5.41, 5.74) is 0.729. The highest BCUT2D eigenvalue weighted by Crippen LogP contribution is 2.16. The Kier molecular flexibility index (Phi) is 8.27. The Bertz CT molecular complexity index is 647. The van der Waals surface area contributed by atoms with Gasteiger partial charge in [-0.3, -0.25) is 4.90 Å². The first-order valence-corrected chi connectivity index (χ1v) is 8.17. The number of rotatable bonds is 3. The molecule has 0 radical (unpaired) electrons. The van der Waals surface area contributed by atoms with Gasteiger partial charge in [-0.05, 0) is 24.0 Å². The van der Waals surface area contributed by atoms with Crippen LogP contribution in [0.25, 0.3) is 0 Å². The largest absolute Gasteiger partial charge is 0.497 e. The summed E-state index contributed by atoms with van der Waals surface area (Å²) < 4.78 is 14.0. The van der Waals surface area contributed by atoms with E-state index in [1.54, 1.807) is 37.6 Å². The Hall–Kier alpha value is -2.75. The lowest BCUT2D eigenvalue weighted by molar-refractivity contribution is 0.167. The van der Waals surface area contributed by atoms with Crippen LogP contribution >= 0.6 is 11.8 Å². The van der Waals surface area contributed by atoms with Crippen molar-refractivity contribution in [3.05, 3.63) is 29.8 Å². The second kappa shape index (κ2) is 10.2. The number of imide groups is 1. The van der Waals surface area contributed by atoms with Crippen LogP contribution in [0, 0.1) is 0 Å². The Morgan fingerprint density at radius 1 is 1.12 bits per heavy atom. The van der Waals surface area contributed by atoms with Crippen LogP contribution < -0.4 is 10.1 Å². The van der Waals surface area contributed by atoms with Gasteiger partial charge in [0.15, 0.2) is 5.17 Å². The number of hydrogen-bond acceptors (Lipinski definition) is 7. The maximum Gasteiger partial charge on any atom is 0.435 e. The van der Waals surface area contributed by atoms with E-state index in [-0.39, 0.29) is 11.7 Å². The van der Waals surface area contributed by atoms with Gasteiger partial charge >= 0.3 is 18.2 Å². The highest BCUT2D eigenvalue weighted by Gasteiger charge is 2.23. The van der Waals surface area contributed by atoms with Gasteiger partial charge in [0.1, 0.15) is 5.75 Å². The number of alkyl carbamates (subject to hydrolysis) is 1. The second-order valence-corrected chi connectivity index (χ2v) is 5.20. The number of urea groups is 1. The molecule has 0 bridgehead atoms. The van der Waals surface area contributed by atoms with Crippen molar-refractivity contribution in [2.24, 2.45) is 4.99 Å². The van der Waals surface area contributed by atoms with Gasteiger partial charge in [0.2, 0.25) is 0 Å². The van der Waals surface area contributed by atoms with Crippen molar-refractivity contribution < 1.29 is 28.6 Å². The molecule has 0 aliphatic carbocycles. The van der Waals surface area contributed by atoms with Crippen molar-refractivity contribution in [3.63, 3.8) is 0 Å². The number of amidine groups is 1. The van der Waals surface area contributed by atoms with Crippen LogP contribution in [-0.4, -0.2) is 55.9 Å². The lowest BCUT2D eigenvalue weighted by Gasteiger charge is -2.22. The van der Waals surface area contributed by atoms with E-state index < -0.39 is 18.2 Å². The van der Waals surface area contributed by atoms with Crippen LogP contribution in [0.1, 0.15) is 5.56 Å². The average molecular weight is 369 g/mol. The number of nitrogens with one attached hydrogen (secondary N) is 1. The first-order chi connectivity index (χ1) is 11.9. The summed E-state index contributed by atoms with van der Waals surface area (Å²) in [6.45, 7) is 0.0590. The second-order valence-electron chi connectivity index (χ2n) is 4.42. The summed E-state index contributed by atoms with van der Waals surface area (Å²) in [5.74, 6) is 0.655. The minimum atomic E-state index is -0.928. The monoisotopic (exact) mass is 369 g/mol. The number of carbonyl (C=O) groups excluding carboxylic acids is 3. The molecule has 136 valence electrons. The van der Waals surface area contributed by atoms with Crippen molar-refractivity contribution in [3.8, 4) is 5.75 Å². The number of ether oxygens (including phenoxy) is 3. The number of nitrogens with zero attached hydrogens (tertiary/aromatic N) is 2. The molecule has 0 unspecified atom stereocenters. The summed E-state index contributed by atoms with van der Waals surface area (Å²) in [7, 11) is 3.85. The molecule has 0 saturated carbocycles. The molecule has 4 amide bonds. The smallest absolute Gasteiger partial charge is 0.435 e. The Labute approximate surface area is 149 Å². The van der Waals surface area contributed by atoms with E-state index in [4.69, 9.17) is 4.74 Å². The number of benzene rings is 1. The van der Waals surface area contributed by atoms with E-state index in [0.717, 1.165) is 29.3 Å². The third kappa shape index (κ3) is 6.34. The Morgan fingerprint density at radius 2 is 1.76 bits per heavy atom. The van der Waals surface area contributed by atoms with Gasteiger partial charge in [0.05, 0.1) is 27.9 Å². The maximum absolute atomic E-state index is 12.4. The third-order valence-corrected chi connectivity index (χ3v) is 3.59. The molecule has 0 aliphatic heterocycles. The summed E-state index contributed by atoms with van der Waals surface area (Å²) >= 11 is 1.05. The zero-order valence-electron chi connectivity index (χ0n) is 14.3. The van der Waals surface area contributed by atoms with Crippen molar-refractivity contribution >= 4 is 35.1 Å². The van der Waals surface area contributed by atoms with Crippen LogP contribution in [0.2, 0.25) is 0 Å². The molecule has 0 saturated heterocycles. The number of aliphatic imine (C=N–C) groups is 1. The average Bonchev–Trinajstić information content (AvgIpc) is 2.64. The lowest BCUT2D eigenvalue weighted by atomic mass is 10.2. The molecule has 0 heterocycles. The van der Waals surface area contributed by atoms with E-state index in [1.165, 1.54) is 7.11 Å². The van der Waals surface area contributed by atoms with Gasteiger partial charge in [0.25, 0.3) is 0 Å². The van der Waals surface area contributed by atoms with Gasteiger partial charge in [-0.25, -0.2) is 19.7 Å². The predicted molar refractivity (Wildman–Crippen MR) is 92.8 cm³/mol. The number of methoxy groups -OCH3 is 3. The van der Waals surface area contributed by atoms with Gasteiger partial charge in [-0.1, -0.05) is 23.9 Å². The molecule has 0 atom stereocenters. The molecule has 0 spiro atoms. The first kappa shape index (κ1) is 20.3. The van der Waals surface area contributed by atoms with E-state index in [0.29, 0.717) is 5.75 Å². The molecule has 1 rings (SSSR count). The molecule has 1 aromatic rings. The maximum atomic E-state index is 12.4. The summed E-state index contributed by atoms with van der Waals surface area (Å²) in [6, 6.07) is 6.14. The number of carbonyl (C=O) groups is 3. The van der Waals surface area contributed by atoms with Gasteiger partial charge in [0, 0.05) is 0 Å². The summed E-state index contributed by atoms with van der Waals surface area (Å²) in [4.78, 5) is 39.9. The Balaban J connectivity index is 3.11. The molecule has 0 aliphatic rings. The van der Waals surface area contributed by atoms with E-state index in [9.17, 15) is 14.4 Å². The molecular formula is C15H19N3O6S. The van der Waals surface area contributed by atoms with E-state index in [1.807, 2.05) is 5.32 Å². The molecule has 1 aromatic carbocycles.